The summed E-state index contributed by atoms with van der Waals surface area (Å²) >= 11 is 0. The zero-order valence-corrected chi connectivity index (χ0v) is 9.22. The lowest BCUT2D eigenvalue weighted by molar-refractivity contribution is -0.135. The second kappa shape index (κ2) is 6.61. The number of nitrogens with zero attached hydrogens (tertiary/aromatic N) is 1. The molecule has 1 N–H and O–H groups in total. The summed E-state index contributed by atoms with van der Waals surface area (Å²) < 4.78 is 5.28. The maximum atomic E-state index is 10.4. The molecule has 1 rings (SSSR count). The number of carboxylic acids is 1. The van der Waals surface area contributed by atoms with E-state index in [1.807, 2.05) is 37.3 Å². The van der Waals surface area contributed by atoms with Gasteiger partial charge in [0.05, 0.1) is 6.61 Å². The Balaban J connectivity index is 2.64. The van der Waals surface area contributed by atoms with Crippen molar-refractivity contribution in [1.82, 2.24) is 0 Å². The molecule has 0 aromatic heterocycles. The van der Waals surface area contributed by atoms with Crippen molar-refractivity contribution in [1.29, 1.82) is 0 Å². The van der Waals surface area contributed by atoms with Crippen molar-refractivity contribution in [3.05, 3.63) is 35.9 Å². The minimum absolute atomic E-state index is 0.248. The normalized spacial score (nSPS) is 11.2. The lowest BCUT2D eigenvalue weighted by atomic mass is 10.1. The molecular formula is C12H15NO3. The molecule has 0 amide bonds. The fraction of sp³-hybridized carbons (Fsp3) is 0.333. The molecule has 0 aliphatic carbocycles. The Morgan fingerprint density at radius 1 is 1.38 bits per heavy atom. The Labute approximate surface area is 94.6 Å². The van der Waals surface area contributed by atoms with Crippen LogP contribution in [-0.4, -0.2) is 30.1 Å². The number of aliphatic carboxylic acids is 1. The SMILES string of the molecule is CCO/C(Cc1ccccc1)=N\CC(=O)O. The van der Waals surface area contributed by atoms with E-state index in [9.17, 15) is 4.79 Å². The van der Waals surface area contributed by atoms with E-state index < -0.39 is 5.97 Å². The number of ether oxygens (including phenoxy) is 1. The highest BCUT2D eigenvalue weighted by molar-refractivity contribution is 5.81. The fourth-order valence-electron chi connectivity index (χ4n) is 1.25. The van der Waals surface area contributed by atoms with Crippen LogP contribution >= 0.6 is 0 Å². The summed E-state index contributed by atoms with van der Waals surface area (Å²) in [5.41, 5.74) is 1.06. The van der Waals surface area contributed by atoms with Crippen molar-refractivity contribution in [2.45, 2.75) is 13.3 Å². The fourth-order valence-corrected chi connectivity index (χ4v) is 1.25. The van der Waals surface area contributed by atoms with Gasteiger partial charge < -0.3 is 9.84 Å². The molecule has 4 heteroatoms. The topological polar surface area (TPSA) is 58.9 Å². The Morgan fingerprint density at radius 3 is 2.62 bits per heavy atom. The third-order valence-electron chi connectivity index (χ3n) is 1.90. The van der Waals surface area contributed by atoms with Gasteiger partial charge in [-0.15, -0.1) is 0 Å². The first-order valence-electron chi connectivity index (χ1n) is 5.14. The number of carboxylic acid groups (broad SMARTS) is 1. The molecule has 0 spiro atoms. The Hall–Kier alpha value is -1.84. The molecule has 16 heavy (non-hydrogen) atoms. The second-order valence-corrected chi connectivity index (χ2v) is 3.20. The summed E-state index contributed by atoms with van der Waals surface area (Å²) in [7, 11) is 0. The smallest absolute Gasteiger partial charge is 0.325 e. The molecule has 0 atom stereocenters. The first-order valence-corrected chi connectivity index (χ1v) is 5.14. The quantitative estimate of drug-likeness (QED) is 0.608. The van der Waals surface area contributed by atoms with E-state index in [0.29, 0.717) is 18.9 Å². The lowest BCUT2D eigenvalue weighted by Gasteiger charge is -2.06. The third-order valence-corrected chi connectivity index (χ3v) is 1.90. The molecule has 0 heterocycles. The van der Waals surface area contributed by atoms with E-state index in [1.54, 1.807) is 0 Å². The van der Waals surface area contributed by atoms with Crippen LogP contribution in [0.25, 0.3) is 0 Å². The van der Waals surface area contributed by atoms with Gasteiger partial charge in [-0.05, 0) is 12.5 Å². The van der Waals surface area contributed by atoms with E-state index in [1.165, 1.54) is 0 Å². The third kappa shape index (κ3) is 4.59. The van der Waals surface area contributed by atoms with Gasteiger partial charge in [-0.25, -0.2) is 4.99 Å². The number of rotatable bonds is 5. The van der Waals surface area contributed by atoms with Crippen LogP contribution in [-0.2, 0) is 16.0 Å². The molecule has 0 aliphatic heterocycles. The summed E-state index contributed by atoms with van der Waals surface area (Å²) in [4.78, 5) is 14.3. The Bertz CT molecular complexity index is 360. The van der Waals surface area contributed by atoms with Gasteiger partial charge in [0.1, 0.15) is 6.54 Å². The van der Waals surface area contributed by atoms with E-state index >= 15 is 0 Å². The van der Waals surface area contributed by atoms with Crippen LogP contribution in [0, 0.1) is 0 Å². The van der Waals surface area contributed by atoms with E-state index in [2.05, 4.69) is 4.99 Å². The van der Waals surface area contributed by atoms with Crippen LogP contribution < -0.4 is 0 Å². The number of hydrogen-bond acceptors (Lipinski definition) is 3. The molecule has 0 saturated heterocycles. The predicted molar refractivity (Wildman–Crippen MR) is 61.7 cm³/mol. The Kier molecular flexibility index (Phi) is 5.05. The van der Waals surface area contributed by atoms with Crippen LogP contribution in [0.15, 0.2) is 35.3 Å². The summed E-state index contributed by atoms with van der Waals surface area (Å²) in [5.74, 6) is -0.485. The van der Waals surface area contributed by atoms with E-state index in [0.717, 1.165) is 5.56 Å². The van der Waals surface area contributed by atoms with Crippen molar-refractivity contribution in [3.63, 3.8) is 0 Å². The van der Waals surface area contributed by atoms with Gasteiger partial charge >= 0.3 is 5.97 Å². The van der Waals surface area contributed by atoms with E-state index in [4.69, 9.17) is 9.84 Å². The average molecular weight is 221 g/mol. The van der Waals surface area contributed by atoms with Gasteiger partial charge in [-0.1, -0.05) is 30.3 Å². The zero-order chi connectivity index (χ0) is 11.8. The molecule has 0 bridgehead atoms. The number of aliphatic imine (C=N–C) groups is 1. The molecule has 86 valence electrons. The van der Waals surface area contributed by atoms with Gasteiger partial charge in [0.25, 0.3) is 0 Å². The van der Waals surface area contributed by atoms with Gasteiger partial charge in [-0.3, -0.25) is 4.79 Å². The largest absolute Gasteiger partial charge is 0.481 e. The molecule has 0 aliphatic rings. The van der Waals surface area contributed by atoms with Gasteiger partial charge in [-0.2, -0.15) is 0 Å². The van der Waals surface area contributed by atoms with Crippen molar-refractivity contribution in [2.24, 2.45) is 4.99 Å². The summed E-state index contributed by atoms with van der Waals surface area (Å²) in [6.45, 7) is 2.09. The summed E-state index contributed by atoms with van der Waals surface area (Å²) in [5, 5.41) is 8.53. The number of hydrogen-bond donors (Lipinski definition) is 1. The van der Waals surface area contributed by atoms with Crippen molar-refractivity contribution in [2.75, 3.05) is 13.2 Å². The molecule has 1 aromatic rings. The first kappa shape index (κ1) is 12.2. The highest BCUT2D eigenvalue weighted by atomic mass is 16.5. The molecule has 0 radical (unpaired) electrons. The van der Waals surface area contributed by atoms with Crippen LogP contribution in [0.3, 0.4) is 0 Å². The van der Waals surface area contributed by atoms with Crippen LogP contribution in [0.2, 0.25) is 0 Å². The van der Waals surface area contributed by atoms with E-state index in [-0.39, 0.29) is 6.54 Å². The van der Waals surface area contributed by atoms with Gasteiger partial charge in [0.15, 0.2) is 5.90 Å². The molecular weight excluding hydrogens is 206 g/mol. The Morgan fingerprint density at radius 2 is 2.06 bits per heavy atom. The van der Waals surface area contributed by atoms with Crippen LogP contribution in [0.5, 0.6) is 0 Å². The molecule has 0 fully saturated rings. The first-order chi connectivity index (χ1) is 7.72. The predicted octanol–water partition coefficient (Wildman–Crippen LogP) is 1.75. The molecule has 4 nitrogen and oxygen atoms in total. The van der Waals surface area contributed by atoms with Crippen molar-refractivity contribution >= 4 is 11.9 Å². The van der Waals surface area contributed by atoms with Gasteiger partial charge in [0, 0.05) is 6.42 Å². The minimum Gasteiger partial charge on any atom is -0.481 e. The van der Waals surface area contributed by atoms with Gasteiger partial charge in [0.2, 0.25) is 0 Å². The highest BCUT2D eigenvalue weighted by Gasteiger charge is 2.03. The van der Waals surface area contributed by atoms with Crippen molar-refractivity contribution < 1.29 is 14.6 Å². The zero-order valence-electron chi connectivity index (χ0n) is 9.22. The highest BCUT2D eigenvalue weighted by Crippen LogP contribution is 2.02. The lowest BCUT2D eigenvalue weighted by Crippen LogP contribution is -2.12. The molecule has 1 aromatic carbocycles. The second-order valence-electron chi connectivity index (χ2n) is 3.20. The maximum Gasteiger partial charge on any atom is 0.325 e. The average Bonchev–Trinajstić information content (AvgIpc) is 2.27. The summed E-state index contributed by atoms with van der Waals surface area (Å²) in [6, 6.07) is 9.69. The minimum atomic E-state index is -0.953. The molecule has 0 unspecified atom stereocenters. The monoisotopic (exact) mass is 221 g/mol. The number of benzene rings is 1. The standard InChI is InChI=1S/C12H15NO3/c1-2-16-11(13-9-12(14)15)8-10-6-4-3-5-7-10/h3-7H,2,8-9H2,1H3,(H,14,15)/b13-11-. The summed E-state index contributed by atoms with van der Waals surface area (Å²) in [6.07, 6.45) is 0.530. The van der Waals surface area contributed by atoms with Crippen LogP contribution in [0.1, 0.15) is 12.5 Å². The molecule has 0 saturated carbocycles. The van der Waals surface area contributed by atoms with Crippen molar-refractivity contribution in [3.8, 4) is 0 Å². The van der Waals surface area contributed by atoms with Crippen LogP contribution in [0.4, 0.5) is 0 Å². The number of carbonyl (C=O) groups is 1. The maximum absolute atomic E-state index is 10.4.